The summed E-state index contributed by atoms with van der Waals surface area (Å²) in [4.78, 5) is 67.1. The van der Waals surface area contributed by atoms with Crippen molar-refractivity contribution in [2.45, 2.75) is 90.9 Å². The molecule has 264 valence electrons. The Bertz CT molecular complexity index is 1570. The lowest BCUT2D eigenvalue weighted by Crippen LogP contribution is -2.62. The van der Waals surface area contributed by atoms with E-state index in [0.29, 0.717) is 0 Å². The summed E-state index contributed by atoms with van der Waals surface area (Å²) in [6.07, 6.45) is 5.12. The highest BCUT2D eigenvalue weighted by atomic mass is 32.2. The monoisotopic (exact) mass is 686 g/mol. The van der Waals surface area contributed by atoms with Crippen LogP contribution < -0.4 is 21.7 Å². The molecule has 1 saturated carbocycles. The van der Waals surface area contributed by atoms with Crippen molar-refractivity contribution in [3.05, 3.63) is 30.3 Å². The fourth-order valence-electron chi connectivity index (χ4n) is 6.38. The maximum absolute atomic E-state index is 14.3. The van der Waals surface area contributed by atoms with E-state index in [9.17, 15) is 32.4 Å². The van der Waals surface area contributed by atoms with Crippen molar-refractivity contribution in [3.63, 3.8) is 0 Å². The lowest BCUT2D eigenvalue weighted by atomic mass is 9.85. The van der Waals surface area contributed by atoms with Crippen molar-refractivity contribution in [2.75, 3.05) is 20.1 Å². The van der Waals surface area contributed by atoms with Gasteiger partial charge in [-0.15, -0.1) is 12.3 Å². The first kappa shape index (κ1) is 38.5. The number of terminal acetylenes is 1. The number of sulfonamides is 1. The lowest BCUT2D eigenvalue weighted by Gasteiger charge is -2.39. The molecule has 1 aromatic rings. The summed E-state index contributed by atoms with van der Waals surface area (Å²) in [5, 5.41) is 8.23. The third kappa shape index (κ3) is 8.18. The van der Waals surface area contributed by atoms with E-state index in [1.807, 2.05) is 34.6 Å². The predicted octanol–water partition coefficient (Wildman–Crippen LogP) is 1.48. The van der Waals surface area contributed by atoms with E-state index >= 15 is 0 Å². The number of fused-ring (bicyclic) bond motifs is 1. The minimum Gasteiger partial charge on any atom is -0.363 e. The van der Waals surface area contributed by atoms with Crippen molar-refractivity contribution < 1.29 is 32.4 Å². The number of urea groups is 1. The minimum atomic E-state index is -3.84. The first-order chi connectivity index (χ1) is 22.0. The maximum atomic E-state index is 14.3. The topological polar surface area (TPSA) is 188 Å². The van der Waals surface area contributed by atoms with Gasteiger partial charge < -0.3 is 26.6 Å². The molecule has 14 heteroatoms. The van der Waals surface area contributed by atoms with Crippen LogP contribution in [0.4, 0.5) is 4.79 Å². The van der Waals surface area contributed by atoms with Gasteiger partial charge in [-0.1, -0.05) is 73.6 Å². The number of nitrogens with one attached hydrogen (secondary N) is 3. The fourth-order valence-corrected chi connectivity index (χ4v) is 7.58. The molecule has 0 spiro atoms. The first-order valence-corrected chi connectivity index (χ1v) is 17.4. The van der Waals surface area contributed by atoms with Crippen LogP contribution in [-0.2, 0) is 29.2 Å². The number of benzene rings is 1. The average molecular weight is 687 g/mol. The second-order valence-electron chi connectivity index (χ2n) is 15.5. The van der Waals surface area contributed by atoms with Gasteiger partial charge >= 0.3 is 6.03 Å². The van der Waals surface area contributed by atoms with Crippen molar-refractivity contribution in [1.29, 1.82) is 0 Å². The third-order valence-electron chi connectivity index (χ3n) is 9.59. The molecule has 1 heterocycles. The maximum Gasteiger partial charge on any atom is 0.315 e. The molecule has 1 aromatic carbocycles. The molecular weight excluding hydrogens is 636 g/mol. The van der Waals surface area contributed by atoms with Crippen LogP contribution in [0.25, 0.3) is 0 Å². The number of likely N-dealkylation sites (tertiary alicyclic amines) is 1. The number of nitrogens with two attached hydrogens (primary N) is 1. The highest BCUT2D eigenvalue weighted by Gasteiger charge is 2.70. The summed E-state index contributed by atoms with van der Waals surface area (Å²) in [6.45, 7) is 15.1. The summed E-state index contributed by atoms with van der Waals surface area (Å²) in [6, 6.07) is 3.24. The van der Waals surface area contributed by atoms with Crippen LogP contribution in [0.5, 0.6) is 0 Å². The Balaban J connectivity index is 1.84. The van der Waals surface area contributed by atoms with Crippen LogP contribution >= 0.6 is 0 Å². The lowest BCUT2D eigenvalue weighted by molar-refractivity contribution is -0.145. The summed E-state index contributed by atoms with van der Waals surface area (Å²) in [5.41, 5.74) is 3.52. The number of rotatable bonds is 12. The molecule has 5 N–H and O–H groups in total. The molecule has 0 bridgehead atoms. The van der Waals surface area contributed by atoms with Crippen LogP contribution in [0.15, 0.2) is 35.2 Å². The average Bonchev–Trinajstić information content (AvgIpc) is 3.29. The van der Waals surface area contributed by atoms with Gasteiger partial charge in [0, 0.05) is 32.6 Å². The molecule has 6 atom stereocenters. The van der Waals surface area contributed by atoms with Crippen molar-refractivity contribution in [2.24, 2.45) is 33.8 Å². The van der Waals surface area contributed by atoms with E-state index in [1.165, 1.54) is 28.4 Å². The van der Waals surface area contributed by atoms with Crippen LogP contribution in [0.1, 0.15) is 61.8 Å². The quantitative estimate of drug-likeness (QED) is 0.189. The van der Waals surface area contributed by atoms with Gasteiger partial charge in [-0.25, -0.2) is 13.2 Å². The van der Waals surface area contributed by atoms with Gasteiger partial charge in [-0.05, 0) is 40.2 Å². The Labute approximate surface area is 284 Å². The fraction of sp³-hybridized carbons (Fsp3) is 0.618. The zero-order valence-electron chi connectivity index (χ0n) is 29.3. The second-order valence-corrected chi connectivity index (χ2v) is 17.6. The molecule has 2 aliphatic rings. The Morgan fingerprint density at radius 3 is 2.10 bits per heavy atom. The Morgan fingerprint density at radius 1 is 1.02 bits per heavy atom. The normalized spacial score (nSPS) is 22.0. The second kappa shape index (κ2) is 13.9. The molecule has 1 aliphatic carbocycles. The molecule has 3 rings (SSSR count). The van der Waals surface area contributed by atoms with Crippen molar-refractivity contribution >= 4 is 39.6 Å². The molecule has 0 radical (unpaired) electrons. The molecule has 1 aliphatic heterocycles. The summed E-state index contributed by atoms with van der Waals surface area (Å²) < 4.78 is 27.6. The van der Waals surface area contributed by atoms with E-state index in [-0.39, 0.29) is 41.7 Å². The number of carbonyl (C=O) groups is 5. The Hall–Kier alpha value is -3.96. The number of piperidine rings is 1. The van der Waals surface area contributed by atoms with Crippen LogP contribution in [0.3, 0.4) is 0 Å². The van der Waals surface area contributed by atoms with Gasteiger partial charge in [0.15, 0.2) is 0 Å². The molecular formula is C34H50N6O7S. The summed E-state index contributed by atoms with van der Waals surface area (Å²) in [7, 11) is -2.40. The smallest absolute Gasteiger partial charge is 0.315 e. The van der Waals surface area contributed by atoms with Crippen molar-refractivity contribution in [3.8, 4) is 12.3 Å². The number of amides is 5. The first-order valence-electron chi connectivity index (χ1n) is 15.9. The summed E-state index contributed by atoms with van der Waals surface area (Å²) >= 11 is 0. The van der Waals surface area contributed by atoms with E-state index < -0.39 is 74.6 Å². The number of ketones is 1. The van der Waals surface area contributed by atoms with Crippen LogP contribution in [0, 0.1) is 40.4 Å². The molecule has 5 amide bonds. The Kier molecular flexibility index (Phi) is 11.1. The number of Topliss-reactive ketones (excluding diaryl/α,β-unsaturated/α-hetero) is 1. The molecule has 1 saturated heterocycles. The zero-order chi connectivity index (χ0) is 36.6. The largest absolute Gasteiger partial charge is 0.363 e. The standard InChI is InChI=1S/C34H50N6O7S/c1-11-15-22(26(41)28(35)42)36-29(43)25-24-21(34(24,8)9)18-40(25)30(44)27(33(5,6)7)38-31(45)37-23(32(2,3)4)19-39(10)48(46,47)20-16-13-12-14-17-20/h1,12-14,16-17,21-25,27H,15,18-19H2,2-10H3,(H2,35,42)(H,36,43)(H2,37,38,45)/t21-,22?,23+,24-,25-,27+/m0/s1. The third-order valence-corrected chi connectivity index (χ3v) is 11.4. The highest BCUT2D eigenvalue weighted by molar-refractivity contribution is 7.89. The molecule has 48 heavy (non-hydrogen) atoms. The number of nitrogens with zero attached hydrogens (tertiary/aromatic N) is 2. The molecule has 1 unspecified atom stereocenters. The van der Waals surface area contributed by atoms with E-state index in [1.54, 1.807) is 39.0 Å². The number of likely N-dealkylation sites (N-methyl/N-ethyl adjacent to an activating group) is 1. The predicted molar refractivity (Wildman–Crippen MR) is 180 cm³/mol. The number of hydrogen-bond acceptors (Lipinski definition) is 7. The number of carbonyl (C=O) groups excluding carboxylic acids is 5. The highest BCUT2D eigenvalue weighted by Crippen LogP contribution is 2.65. The van der Waals surface area contributed by atoms with E-state index in [0.717, 1.165) is 0 Å². The van der Waals surface area contributed by atoms with Gasteiger partial charge in [0.25, 0.3) is 5.91 Å². The van der Waals surface area contributed by atoms with Crippen molar-refractivity contribution in [1.82, 2.24) is 25.2 Å². The summed E-state index contributed by atoms with van der Waals surface area (Å²) in [5.74, 6) is -1.36. The zero-order valence-corrected chi connectivity index (χ0v) is 30.1. The van der Waals surface area contributed by atoms with E-state index in [2.05, 4.69) is 21.9 Å². The minimum absolute atomic E-state index is 0.00283. The molecule has 13 nitrogen and oxygen atoms in total. The number of primary amides is 1. The van der Waals surface area contributed by atoms with E-state index in [4.69, 9.17) is 12.2 Å². The molecule has 2 fully saturated rings. The van der Waals surface area contributed by atoms with Crippen LogP contribution in [-0.4, -0.2) is 91.5 Å². The number of hydrogen-bond donors (Lipinski definition) is 4. The van der Waals surface area contributed by atoms with Gasteiger partial charge in [0.05, 0.1) is 4.90 Å². The van der Waals surface area contributed by atoms with Gasteiger partial charge in [-0.2, -0.15) is 4.31 Å². The van der Waals surface area contributed by atoms with Crippen LogP contribution in [0.2, 0.25) is 0 Å². The molecule has 0 aromatic heterocycles. The van der Waals surface area contributed by atoms with Gasteiger partial charge in [0.2, 0.25) is 27.6 Å². The van der Waals surface area contributed by atoms with Gasteiger partial charge in [-0.3, -0.25) is 19.2 Å². The van der Waals surface area contributed by atoms with Gasteiger partial charge in [0.1, 0.15) is 18.1 Å². The Morgan fingerprint density at radius 2 is 1.60 bits per heavy atom. The SMILES string of the molecule is C#CCC(NC(=O)[C@@H]1[C@@H]2[C@H](CN1C(=O)[C@@H](NC(=O)N[C@H](CN(C)S(=O)(=O)c1ccccc1)C(C)(C)C)C(C)(C)C)C2(C)C)C(=O)C(N)=O.